The number of hydrogen-bond donors (Lipinski definition) is 1. The summed E-state index contributed by atoms with van der Waals surface area (Å²) in [7, 11) is 1.55. The van der Waals surface area contributed by atoms with Crippen LogP contribution < -0.4 is 14.8 Å². The van der Waals surface area contributed by atoms with E-state index in [2.05, 4.69) is 5.32 Å². The van der Waals surface area contributed by atoms with Crippen molar-refractivity contribution in [3.8, 4) is 11.5 Å². The van der Waals surface area contributed by atoms with Gasteiger partial charge in [-0.05, 0) is 37.3 Å². The van der Waals surface area contributed by atoms with E-state index < -0.39 is 10.8 Å². The summed E-state index contributed by atoms with van der Waals surface area (Å²) < 4.78 is 15.7. The topological polar surface area (TPSA) is 120 Å². The number of nitro groups is 1. The number of methoxy groups -OCH3 is 1. The third-order valence-electron chi connectivity index (χ3n) is 4.74. The Morgan fingerprint density at radius 1 is 1.28 bits per heavy atom. The van der Waals surface area contributed by atoms with Crippen molar-refractivity contribution >= 4 is 29.3 Å². The van der Waals surface area contributed by atoms with Crippen molar-refractivity contribution in [1.82, 2.24) is 4.90 Å². The maximum Gasteiger partial charge on any atom is 0.270 e. The fourth-order valence-electron chi connectivity index (χ4n) is 3.12. The summed E-state index contributed by atoms with van der Waals surface area (Å²) in [5.41, 5.74) is 1.38. The molecule has 0 saturated heterocycles. The Morgan fingerprint density at radius 3 is 2.69 bits per heavy atom. The van der Waals surface area contributed by atoms with Crippen LogP contribution in [0.1, 0.15) is 18.1 Å². The summed E-state index contributed by atoms with van der Waals surface area (Å²) in [4.78, 5) is 37.1. The molecule has 0 radical (unpaired) electrons. The van der Waals surface area contributed by atoms with Crippen molar-refractivity contribution in [2.75, 3.05) is 32.3 Å². The van der Waals surface area contributed by atoms with E-state index in [-0.39, 0.29) is 31.5 Å². The van der Waals surface area contributed by atoms with Gasteiger partial charge in [0.2, 0.25) is 11.8 Å². The number of nitrogens with one attached hydrogen (secondary N) is 1. The Morgan fingerprint density at radius 2 is 2.03 bits per heavy atom. The highest BCUT2D eigenvalue weighted by Crippen LogP contribution is 2.33. The van der Waals surface area contributed by atoms with Crippen LogP contribution >= 0.6 is 0 Å². The van der Waals surface area contributed by atoms with Crippen LogP contribution in [0.25, 0.3) is 6.08 Å². The van der Waals surface area contributed by atoms with Gasteiger partial charge in [-0.25, -0.2) is 0 Å². The zero-order chi connectivity index (χ0) is 23.1. The number of likely N-dealkylation sites (N-methyl/N-ethyl adjacent to an activating group) is 1. The molecule has 168 valence electrons. The number of amides is 2. The molecule has 0 aliphatic carbocycles. The van der Waals surface area contributed by atoms with Gasteiger partial charge < -0.3 is 24.4 Å². The van der Waals surface area contributed by atoms with Gasteiger partial charge in [-0.3, -0.25) is 19.7 Å². The monoisotopic (exact) mass is 441 g/mol. The summed E-state index contributed by atoms with van der Waals surface area (Å²) in [6.45, 7) is 2.10. The molecular weight excluding hydrogens is 418 g/mol. The highest BCUT2D eigenvalue weighted by molar-refractivity contribution is 5.98. The maximum absolute atomic E-state index is 12.6. The van der Waals surface area contributed by atoms with Gasteiger partial charge in [0.25, 0.3) is 5.69 Å². The van der Waals surface area contributed by atoms with E-state index in [0.29, 0.717) is 34.9 Å². The van der Waals surface area contributed by atoms with Gasteiger partial charge >= 0.3 is 0 Å². The number of nitro benzene ring substituents is 1. The summed E-state index contributed by atoms with van der Waals surface area (Å²) >= 11 is 0. The highest BCUT2D eigenvalue weighted by Gasteiger charge is 2.20. The van der Waals surface area contributed by atoms with E-state index in [1.54, 1.807) is 38.3 Å². The Balaban J connectivity index is 1.69. The lowest BCUT2D eigenvalue weighted by atomic mass is 10.1. The fourth-order valence-corrected chi connectivity index (χ4v) is 3.12. The Hall–Kier alpha value is -3.92. The molecule has 0 unspecified atom stereocenters. The summed E-state index contributed by atoms with van der Waals surface area (Å²) in [5.74, 6) is 0.334. The fraction of sp³-hybridized carbons (Fsp3) is 0.273. The molecule has 1 aliphatic rings. The van der Waals surface area contributed by atoms with E-state index in [9.17, 15) is 19.7 Å². The Bertz CT molecular complexity index is 1030. The standard InChI is InChI=1S/C22H23N3O7/c1-3-24(12-20(26)23-17-5-7-19(30-2)8-6-17)21(27)9-4-15-10-18(25(28)29)11-16-13-31-14-32-22(15)16/h4-11H,3,12-14H2,1-2H3,(H,23,26)/b9-4+. The van der Waals surface area contributed by atoms with Crippen LogP contribution in [0.5, 0.6) is 11.5 Å². The molecule has 0 fully saturated rings. The molecule has 10 heteroatoms. The van der Waals surface area contributed by atoms with Crippen LogP contribution in [0.4, 0.5) is 11.4 Å². The second-order valence-electron chi connectivity index (χ2n) is 6.85. The predicted molar refractivity (Wildman–Crippen MR) is 116 cm³/mol. The lowest BCUT2D eigenvalue weighted by Crippen LogP contribution is -2.36. The van der Waals surface area contributed by atoms with Crippen LogP contribution in [-0.4, -0.2) is 48.6 Å². The van der Waals surface area contributed by atoms with Crippen molar-refractivity contribution < 1.29 is 28.7 Å². The van der Waals surface area contributed by atoms with Gasteiger partial charge in [0.1, 0.15) is 18.0 Å². The maximum atomic E-state index is 12.6. The van der Waals surface area contributed by atoms with Gasteiger partial charge in [-0.2, -0.15) is 0 Å². The molecular formula is C22H23N3O7. The molecule has 0 aromatic heterocycles. The van der Waals surface area contributed by atoms with Crippen molar-refractivity contribution in [3.63, 3.8) is 0 Å². The Kier molecular flexibility index (Phi) is 7.40. The van der Waals surface area contributed by atoms with Crippen molar-refractivity contribution in [2.24, 2.45) is 0 Å². The minimum absolute atomic E-state index is 0.0201. The first kappa shape index (κ1) is 22.8. The van der Waals surface area contributed by atoms with Gasteiger partial charge in [-0.1, -0.05) is 0 Å². The number of hydrogen-bond acceptors (Lipinski definition) is 7. The molecule has 0 atom stereocenters. The zero-order valence-electron chi connectivity index (χ0n) is 17.7. The van der Waals surface area contributed by atoms with Gasteiger partial charge in [0.15, 0.2) is 6.79 Å². The average molecular weight is 441 g/mol. The second kappa shape index (κ2) is 10.4. The smallest absolute Gasteiger partial charge is 0.270 e. The number of carbonyl (C=O) groups is 2. The van der Waals surface area contributed by atoms with E-state index in [1.807, 2.05) is 0 Å². The van der Waals surface area contributed by atoms with Crippen LogP contribution in [0, 0.1) is 10.1 Å². The zero-order valence-corrected chi connectivity index (χ0v) is 17.7. The van der Waals surface area contributed by atoms with Crippen LogP contribution in [0.15, 0.2) is 42.5 Å². The van der Waals surface area contributed by atoms with Crippen molar-refractivity contribution in [2.45, 2.75) is 13.5 Å². The minimum atomic E-state index is -0.518. The highest BCUT2D eigenvalue weighted by atomic mass is 16.7. The molecule has 0 saturated carbocycles. The van der Waals surface area contributed by atoms with Crippen LogP contribution in [-0.2, 0) is 20.9 Å². The third-order valence-corrected chi connectivity index (χ3v) is 4.74. The minimum Gasteiger partial charge on any atom is -0.497 e. The summed E-state index contributed by atoms with van der Waals surface area (Å²) in [5, 5.41) is 13.9. The predicted octanol–water partition coefficient (Wildman–Crippen LogP) is 2.97. The molecule has 2 amide bonds. The molecule has 10 nitrogen and oxygen atoms in total. The molecule has 32 heavy (non-hydrogen) atoms. The summed E-state index contributed by atoms with van der Waals surface area (Å²) in [6.07, 6.45) is 2.71. The number of nitrogens with zero attached hydrogens (tertiary/aromatic N) is 2. The normalized spacial score (nSPS) is 12.6. The number of carbonyl (C=O) groups excluding carboxylic acids is 2. The lowest BCUT2D eigenvalue weighted by molar-refractivity contribution is -0.385. The van der Waals surface area contributed by atoms with Crippen molar-refractivity contribution in [1.29, 1.82) is 0 Å². The molecule has 1 aliphatic heterocycles. The van der Waals surface area contributed by atoms with E-state index >= 15 is 0 Å². The Labute approximate surface area is 184 Å². The van der Waals surface area contributed by atoms with Crippen LogP contribution in [0.2, 0.25) is 0 Å². The number of anilines is 1. The molecule has 2 aromatic carbocycles. The van der Waals surface area contributed by atoms with Crippen molar-refractivity contribution in [3.05, 3.63) is 63.7 Å². The first-order valence-electron chi connectivity index (χ1n) is 9.84. The summed E-state index contributed by atoms with van der Waals surface area (Å²) in [6, 6.07) is 9.55. The van der Waals surface area contributed by atoms with E-state index in [1.165, 1.54) is 29.2 Å². The van der Waals surface area contributed by atoms with Gasteiger partial charge in [0.05, 0.1) is 18.6 Å². The second-order valence-corrected chi connectivity index (χ2v) is 6.85. The lowest BCUT2D eigenvalue weighted by Gasteiger charge is -2.20. The molecule has 0 bridgehead atoms. The third kappa shape index (κ3) is 5.61. The first-order valence-corrected chi connectivity index (χ1v) is 9.84. The number of rotatable bonds is 8. The number of fused-ring (bicyclic) bond motifs is 1. The number of non-ortho nitro benzene ring substituents is 1. The largest absolute Gasteiger partial charge is 0.497 e. The number of ether oxygens (including phenoxy) is 3. The molecule has 1 N–H and O–H groups in total. The van der Waals surface area contributed by atoms with Gasteiger partial charge in [0, 0.05) is 41.6 Å². The van der Waals surface area contributed by atoms with Gasteiger partial charge in [-0.15, -0.1) is 0 Å². The van der Waals surface area contributed by atoms with E-state index in [4.69, 9.17) is 14.2 Å². The molecule has 2 aromatic rings. The number of benzene rings is 2. The first-order chi connectivity index (χ1) is 15.4. The quantitative estimate of drug-likeness (QED) is 0.380. The van der Waals surface area contributed by atoms with Crippen LogP contribution in [0.3, 0.4) is 0 Å². The molecule has 0 spiro atoms. The average Bonchev–Trinajstić information content (AvgIpc) is 2.81. The molecule has 3 rings (SSSR count). The SMILES string of the molecule is CCN(CC(=O)Nc1ccc(OC)cc1)C(=O)/C=C/c1cc([N+](=O)[O-])cc2c1OCOC2. The molecule has 1 heterocycles. The van der Waals surface area contributed by atoms with E-state index in [0.717, 1.165) is 0 Å².